The van der Waals surface area contributed by atoms with Crippen molar-refractivity contribution in [1.29, 1.82) is 0 Å². The molecule has 0 unspecified atom stereocenters. The molecule has 0 rings (SSSR count). The molecule has 0 heterocycles. The van der Waals surface area contributed by atoms with Crippen LogP contribution in [0.1, 0.15) is 46.5 Å². The van der Waals surface area contributed by atoms with Gasteiger partial charge in [-0.3, -0.25) is 9.59 Å². The SMILES string of the molecule is CCC[C@H](N)C(=O)NC(C)(C)CCC(=O)O. The number of aliphatic carboxylic acids is 1. The third-order valence-electron chi connectivity index (χ3n) is 2.36. The molecule has 5 heteroatoms. The zero-order chi connectivity index (χ0) is 12.8. The van der Waals surface area contributed by atoms with E-state index in [0.29, 0.717) is 12.8 Å². The van der Waals surface area contributed by atoms with E-state index in [1.807, 2.05) is 6.92 Å². The number of nitrogens with one attached hydrogen (secondary N) is 1. The molecule has 1 amide bonds. The van der Waals surface area contributed by atoms with Crippen molar-refractivity contribution >= 4 is 11.9 Å². The number of nitrogens with two attached hydrogens (primary N) is 1. The number of carboxylic acids is 1. The van der Waals surface area contributed by atoms with Gasteiger partial charge in [0.15, 0.2) is 0 Å². The third-order valence-corrected chi connectivity index (χ3v) is 2.36. The summed E-state index contributed by atoms with van der Waals surface area (Å²) in [7, 11) is 0. The van der Waals surface area contributed by atoms with E-state index in [0.717, 1.165) is 6.42 Å². The Morgan fingerprint density at radius 2 is 2.00 bits per heavy atom. The normalized spacial score (nSPS) is 13.2. The lowest BCUT2D eigenvalue weighted by molar-refractivity contribution is -0.137. The summed E-state index contributed by atoms with van der Waals surface area (Å²) >= 11 is 0. The molecule has 0 aromatic rings. The van der Waals surface area contributed by atoms with Gasteiger partial charge in [0.2, 0.25) is 5.91 Å². The van der Waals surface area contributed by atoms with Gasteiger partial charge < -0.3 is 16.2 Å². The van der Waals surface area contributed by atoms with Crippen molar-refractivity contribution in [3.8, 4) is 0 Å². The zero-order valence-corrected chi connectivity index (χ0v) is 10.2. The van der Waals surface area contributed by atoms with Crippen molar-refractivity contribution in [3.05, 3.63) is 0 Å². The highest BCUT2D eigenvalue weighted by molar-refractivity contribution is 5.82. The van der Waals surface area contributed by atoms with E-state index in [1.54, 1.807) is 13.8 Å². The van der Waals surface area contributed by atoms with Crippen LogP contribution in [-0.2, 0) is 9.59 Å². The first-order chi connectivity index (χ1) is 7.28. The average molecular weight is 230 g/mol. The number of rotatable bonds is 7. The summed E-state index contributed by atoms with van der Waals surface area (Å²) in [6.45, 7) is 5.56. The number of carbonyl (C=O) groups excluding carboxylic acids is 1. The molecule has 0 spiro atoms. The summed E-state index contributed by atoms with van der Waals surface area (Å²) < 4.78 is 0. The Balaban J connectivity index is 4.13. The van der Waals surface area contributed by atoms with Crippen LogP contribution in [-0.4, -0.2) is 28.6 Å². The van der Waals surface area contributed by atoms with Gasteiger partial charge in [-0.2, -0.15) is 0 Å². The van der Waals surface area contributed by atoms with E-state index in [9.17, 15) is 9.59 Å². The van der Waals surface area contributed by atoms with Gasteiger partial charge in [-0.1, -0.05) is 13.3 Å². The van der Waals surface area contributed by atoms with Crippen LogP contribution in [0.15, 0.2) is 0 Å². The minimum atomic E-state index is -0.861. The predicted octanol–water partition coefficient (Wildman–Crippen LogP) is 0.873. The maximum atomic E-state index is 11.6. The van der Waals surface area contributed by atoms with E-state index >= 15 is 0 Å². The fourth-order valence-electron chi connectivity index (χ4n) is 1.35. The first kappa shape index (κ1) is 14.9. The van der Waals surface area contributed by atoms with E-state index < -0.39 is 17.6 Å². The highest BCUT2D eigenvalue weighted by Gasteiger charge is 2.23. The summed E-state index contributed by atoms with van der Waals surface area (Å²) in [4.78, 5) is 22.0. The third kappa shape index (κ3) is 6.40. The maximum absolute atomic E-state index is 11.6. The van der Waals surface area contributed by atoms with Crippen LogP contribution in [0.3, 0.4) is 0 Å². The second-order valence-corrected chi connectivity index (χ2v) is 4.66. The van der Waals surface area contributed by atoms with Crippen molar-refractivity contribution in [1.82, 2.24) is 5.32 Å². The van der Waals surface area contributed by atoms with Crippen molar-refractivity contribution < 1.29 is 14.7 Å². The number of amides is 1. The molecular formula is C11H22N2O3. The van der Waals surface area contributed by atoms with Gasteiger partial charge in [0.1, 0.15) is 0 Å². The molecule has 0 bridgehead atoms. The minimum Gasteiger partial charge on any atom is -0.481 e. The first-order valence-electron chi connectivity index (χ1n) is 5.58. The van der Waals surface area contributed by atoms with Crippen LogP contribution in [0, 0.1) is 0 Å². The topological polar surface area (TPSA) is 92.4 Å². The van der Waals surface area contributed by atoms with Crippen molar-refractivity contribution in [3.63, 3.8) is 0 Å². The van der Waals surface area contributed by atoms with Gasteiger partial charge in [0, 0.05) is 12.0 Å². The smallest absolute Gasteiger partial charge is 0.303 e. The summed E-state index contributed by atoms with van der Waals surface area (Å²) in [5.41, 5.74) is 5.14. The highest BCUT2D eigenvalue weighted by atomic mass is 16.4. The fourth-order valence-corrected chi connectivity index (χ4v) is 1.35. The molecule has 0 saturated heterocycles. The Kier molecular flexibility index (Phi) is 6.03. The fraction of sp³-hybridized carbons (Fsp3) is 0.818. The predicted molar refractivity (Wildman–Crippen MR) is 62.0 cm³/mol. The second kappa shape index (κ2) is 6.48. The molecule has 16 heavy (non-hydrogen) atoms. The minimum absolute atomic E-state index is 0.0380. The molecule has 0 aliphatic rings. The first-order valence-corrected chi connectivity index (χ1v) is 5.58. The lowest BCUT2D eigenvalue weighted by Gasteiger charge is -2.27. The number of carboxylic acid groups (broad SMARTS) is 1. The van der Waals surface area contributed by atoms with Crippen LogP contribution in [0.2, 0.25) is 0 Å². The van der Waals surface area contributed by atoms with Crippen LogP contribution >= 0.6 is 0 Å². The molecule has 0 saturated carbocycles. The molecule has 0 fully saturated rings. The Morgan fingerprint density at radius 1 is 1.44 bits per heavy atom. The lowest BCUT2D eigenvalue weighted by atomic mass is 9.97. The molecule has 0 aromatic carbocycles. The van der Waals surface area contributed by atoms with Gasteiger partial charge in [-0.15, -0.1) is 0 Å². The summed E-state index contributed by atoms with van der Waals surface area (Å²) in [6, 6.07) is -0.505. The number of carbonyl (C=O) groups is 2. The Bertz CT molecular complexity index is 252. The van der Waals surface area contributed by atoms with Crippen molar-refractivity contribution in [2.24, 2.45) is 5.73 Å². The maximum Gasteiger partial charge on any atom is 0.303 e. The summed E-state index contributed by atoms with van der Waals surface area (Å²) in [5, 5.41) is 11.3. The highest BCUT2D eigenvalue weighted by Crippen LogP contribution is 2.11. The van der Waals surface area contributed by atoms with Gasteiger partial charge in [0.25, 0.3) is 0 Å². The largest absolute Gasteiger partial charge is 0.481 e. The van der Waals surface area contributed by atoms with Gasteiger partial charge in [0.05, 0.1) is 6.04 Å². The quantitative estimate of drug-likeness (QED) is 0.605. The number of hydrogen-bond donors (Lipinski definition) is 3. The molecule has 5 nitrogen and oxygen atoms in total. The molecule has 0 radical (unpaired) electrons. The van der Waals surface area contributed by atoms with Gasteiger partial charge >= 0.3 is 5.97 Å². The van der Waals surface area contributed by atoms with Crippen LogP contribution in [0.4, 0.5) is 0 Å². The van der Waals surface area contributed by atoms with E-state index in [1.165, 1.54) is 0 Å². The Labute approximate surface area is 96.4 Å². The summed E-state index contributed by atoms with van der Waals surface area (Å²) in [6.07, 6.45) is 1.92. The van der Waals surface area contributed by atoms with E-state index in [4.69, 9.17) is 10.8 Å². The standard InChI is InChI=1S/C11H22N2O3/c1-4-5-8(12)10(16)13-11(2,3)7-6-9(14)15/h8H,4-7,12H2,1-3H3,(H,13,16)(H,14,15)/t8-/m0/s1. The van der Waals surface area contributed by atoms with E-state index in [2.05, 4.69) is 5.32 Å². The van der Waals surface area contributed by atoms with E-state index in [-0.39, 0.29) is 12.3 Å². The van der Waals surface area contributed by atoms with Crippen LogP contribution in [0.25, 0.3) is 0 Å². The molecule has 94 valence electrons. The van der Waals surface area contributed by atoms with Crippen LogP contribution < -0.4 is 11.1 Å². The zero-order valence-electron chi connectivity index (χ0n) is 10.2. The second-order valence-electron chi connectivity index (χ2n) is 4.66. The summed E-state index contributed by atoms with van der Waals surface area (Å²) in [5.74, 6) is -1.07. The van der Waals surface area contributed by atoms with Gasteiger partial charge in [-0.25, -0.2) is 0 Å². The van der Waals surface area contributed by atoms with Gasteiger partial charge in [-0.05, 0) is 26.7 Å². The molecular weight excluding hydrogens is 208 g/mol. The Morgan fingerprint density at radius 3 is 2.44 bits per heavy atom. The van der Waals surface area contributed by atoms with Crippen molar-refractivity contribution in [2.45, 2.75) is 58.0 Å². The van der Waals surface area contributed by atoms with Crippen LogP contribution in [0.5, 0.6) is 0 Å². The monoisotopic (exact) mass is 230 g/mol. The lowest BCUT2D eigenvalue weighted by Crippen LogP contribution is -2.50. The molecule has 4 N–H and O–H groups in total. The molecule has 0 aliphatic heterocycles. The molecule has 0 aromatic heterocycles. The molecule has 1 atom stereocenters. The van der Waals surface area contributed by atoms with Crippen molar-refractivity contribution in [2.75, 3.05) is 0 Å². The Hall–Kier alpha value is -1.10. The number of hydrogen-bond acceptors (Lipinski definition) is 3. The molecule has 0 aliphatic carbocycles. The average Bonchev–Trinajstić information content (AvgIpc) is 2.14.